The number of nitrogens with two attached hydrogens (primary N) is 1. The molecule has 1 heterocycles. The molecule has 4 N–H and O–H groups in total. The number of primary amides is 1. The standard InChI is InChI=1S/C38H38Cl2N4O5/c39-30-16-25(21-44-31-8-1-2-9-32(31)45)35(48-22-24-15-23(18-41)19-43-20-24)17-36(30)49-33-12-11-27-26(5-3-6-28(27)33)29-7-4-10-34(38(29)40)47-14-13-37(42)46/h3-7,10,15-17,19-20,31-33,44-45H,1-2,8-9,11-14,21-22H2,(H2,42,46)/t31-,32+,33+/m1/s1. The van der Waals surface area contributed by atoms with Crippen LogP contribution in [0.1, 0.15) is 72.4 Å². The van der Waals surface area contributed by atoms with Crippen LogP contribution >= 0.6 is 23.2 Å². The summed E-state index contributed by atoms with van der Waals surface area (Å²) >= 11 is 13.7. The van der Waals surface area contributed by atoms with E-state index in [2.05, 4.69) is 22.4 Å². The van der Waals surface area contributed by atoms with Gasteiger partial charge in [-0.1, -0.05) is 66.4 Å². The Hall–Kier alpha value is -4.33. The number of aliphatic hydroxyl groups is 1. The lowest BCUT2D eigenvalue weighted by atomic mass is 9.92. The zero-order valence-corrected chi connectivity index (χ0v) is 28.5. The fourth-order valence-corrected chi connectivity index (χ4v) is 7.07. The third-order valence-corrected chi connectivity index (χ3v) is 9.75. The normalized spacial score (nSPS) is 18.4. The number of nitrogens with zero attached hydrogens (tertiary/aromatic N) is 2. The fraction of sp³-hybridized carbons (Fsp3) is 0.342. The second-order valence-electron chi connectivity index (χ2n) is 12.4. The van der Waals surface area contributed by atoms with Crippen LogP contribution in [0.15, 0.2) is 67.0 Å². The lowest BCUT2D eigenvalue weighted by molar-refractivity contribution is -0.118. The number of carbonyl (C=O) groups excluding carboxylic acids is 1. The Labute approximate surface area is 295 Å². The average molecular weight is 702 g/mol. The van der Waals surface area contributed by atoms with Gasteiger partial charge in [-0.15, -0.1) is 0 Å². The van der Waals surface area contributed by atoms with Crippen molar-refractivity contribution in [1.82, 2.24) is 10.3 Å². The molecule has 1 aromatic heterocycles. The van der Waals surface area contributed by atoms with Gasteiger partial charge >= 0.3 is 0 Å². The summed E-state index contributed by atoms with van der Waals surface area (Å²) in [7, 11) is 0. The minimum absolute atomic E-state index is 0.00657. The average Bonchev–Trinajstić information content (AvgIpc) is 3.52. The first-order valence-corrected chi connectivity index (χ1v) is 17.3. The first-order valence-electron chi connectivity index (χ1n) is 16.5. The van der Waals surface area contributed by atoms with E-state index >= 15 is 0 Å². The minimum Gasteiger partial charge on any atom is -0.491 e. The van der Waals surface area contributed by atoms with Crippen LogP contribution in [-0.4, -0.2) is 34.8 Å². The number of nitriles is 1. The number of rotatable bonds is 13. The first-order chi connectivity index (χ1) is 23.8. The second kappa shape index (κ2) is 15.9. The fourth-order valence-electron chi connectivity index (χ4n) is 6.55. The highest BCUT2D eigenvalue weighted by molar-refractivity contribution is 6.35. The van der Waals surface area contributed by atoms with Crippen molar-refractivity contribution < 1.29 is 24.1 Å². The summed E-state index contributed by atoms with van der Waals surface area (Å²) in [5, 5.41) is 24.3. The van der Waals surface area contributed by atoms with Crippen LogP contribution in [-0.2, 0) is 24.4 Å². The molecule has 0 spiro atoms. The summed E-state index contributed by atoms with van der Waals surface area (Å²) in [5.74, 6) is 1.14. The number of pyridine rings is 1. The minimum atomic E-state index is -0.439. The number of aliphatic hydroxyl groups excluding tert-OH is 1. The maximum Gasteiger partial charge on any atom is 0.220 e. The predicted molar refractivity (Wildman–Crippen MR) is 188 cm³/mol. The van der Waals surface area contributed by atoms with Gasteiger partial charge in [0.1, 0.15) is 36.0 Å². The number of carbonyl (C=O) groups is 1. The predicted octanol–water partition coefficient (Wildman–Crippen LogP) is 7.22. The molecule has 0 aliphatic heterocycles. The lowest BCUT2D eigenvalue weighted by Crippen LogP contribution is -2.41. The van der Waals surface area contributed by atoms with Crippen molar-refractivity contribution in [3.05, 3.63) is 105 Å². The van der Waals surface area contributed by atoms with Crippen molar-refractivity contribution in [2.24, 2.45) is 5.73 Å². The van der Waals surface area contributed by atoms with E-state index in [9.17, 15) is 15.2 Å². The number of ether oxygens (including phenoxy) is 3. The van der Waals surface area contributed by atoms with Crippen molar-refractivity contribution in [2.75, 3.05) is 6.61 Å². The molecule has 3 aromatic carbocycles. The Kier molecular flexibility index (Phi) is 11.2. The molecule has 1 saturated carbocycles. The third-order valence-electron chi connectivity index (χ3n) is 9.06. The molecule has 9 nitrogen and oxygen atoms in total. The molecule has 1 amide bonds. The smallest absolute Gasteiger partial charge is 0.220 e. The van der Waals surface area contributed by atoms with E-state index in [4.69, 9.17) is 43.1 Å². The first kappa shape index (κ1) is 34.5. The maximum atomic E-state index is 11.2. The van der Waals surface area contributed by atoms with Crippen molar-refractivity contribution in [2.45, 2.75) is 76.3 Å². The van der Waals surface area contributed by atoms with Crippen LogP contribution in [0.3, 0.4) is 0 Å². The molecular formula is C38H38Cl2N4O5. The van der Waals surface area contributed by atoms with E-state index in [0.717, 1.165) is 71.9 Å². The highest BCUT2D eigenvalue weighted by atomic mass is 35.5. The Balaban J connectivity index is 1.25. The van der Waals surface area contributed by atoms with Gasteiger partial charge in [0, 0.05) is 47.7 Å². The van der Waals surface area contributed by atoms with Gasteiger partial charge in [-0.2, -0.15) is 5.26 Å². The van der Waals surface area contributed by atoms with Crippen molar-refractivity contribution in [1.29, 1.82) is 5.26 Å². The van der Waals surface area contributed by atoms with E-state index < -0.39 is 12.0 Å². The van der Waals surface area contributed by atoms with E-state index in [0.29, 0.717) is 39.4 Å². The molecule has 254 valence electrons. The Morgan fingerprint density at radius 1 is 1.00 bits per heavy atom. The number of hydrogen-bond donors (Lipinski definition) is 3. The Morgan fingerprint density at radius 3 is 2.63 bits per heavy atom. The molecule has 2 aliphatic carbocycles. The highest BCUT2D eigenvalue weighted by Crippen LogP contribution is 2.45. The van der Waals surface area contributed by atoms with E-state index in [1.54, 1.807) is 18.3 Å². The van der Waals surface area contributed by atoms with Crippen LogP contribution in [0.4, 0.5) is 0 Å². The quantitative estimate of drug-likeness (QED) is 0.133. The van der Waals surface area contributed by atoms with Gasteiger partial charge in [-0.05, 0) is 60.6 Å². The molecule has 3 atom stereocenters. The van der Waals surface area contributed by atoms with Crippen LogP contribution in [0.25, 0.3) is 11.1 Å². The van der Waals surface area contributed by atoms with Gasteiger partial charge in [0.15, 0.2) is 0 Å². The van der Waals surface area contributed by atoms with Crippen molar-refractivity contribution in [3.8, 4) is 34.4 Å². The number of halogens is 2. The van der Waals surface area contributed by atoms with Gasteiger partial charge in [0.2, 0.25) is 5.91 Å². The molecule has 4 aromatic rings. The van der Waals surface area contributed by atoms with E-state index in [1.165, 1.54) is 6.20 Å². The summed E-state index contributed by atoms with van der Waals surface area (Å²) < 4.78 is 18.7. The van der Waals surface area contributed by atoms with Crippen LogP contribution < -0.4 is 25.3 Å². The van der Waals surface area contributed by atoms with Gasteiger partial charge < -0.3 is 30.4 Å². The number of hydrogen-bond acceptors (Lipinski definition) is 8. The molecule has 1 fully saturated rings. The zero-order chi connectivity index (χ0) is 34.3. The molecule has 0 saturated heterocycles. The molecular weight excluding hydrogens is 663 g/mol. The third kappa shape index (κ3) is 8.28. The van der Waals surface area contributed by atoms with Gasteiger partial charge in [0.05, 0.1) is 34.7 Å². The van der Waals surface area contributed by atoms with Crippen LogP contribution in [0.5, 0.6) is 17.2 Å². The van der Waals surface area contributed by atoms with E-state index in [-0.39, 0.29) is 31.8 Å². The van der Waals surface area contributed by atoms with Crippen LogP contribution in [0, 0.1) is 11.3 Å². The summed E-state index contributed by atoms with van der Waals surface area (Å²) in [4.78, 5) is 15.3. The number of aromatic nitrogens is 1. The van der Waals surface area contributed by atoms with Gasteiger partial charge in [0.25, 0.3) is 0 Å². The zero-order valence-electron chi connectivity index (χ0n) is 27.0. The Bertz CT molecular complexity index is 1860. The number of nitrogens with one attached hydrogen (secondary N) is 1. The summed E-state index contributed by atoms with van der Waals surface area (Å²) in [6.07, 6.45) is 7.92. The topological polar surface area (TPSA) is 140 Å². The molecule has 6 rings (SSSR count). The monoisotopic (exact) mass is 700 g/mol. The van der Waals surface area contributed by atoms with Crippen molar-refractivity contribution >= 4 is 29.1 Å². The summed E-state index contributed by atoms with van der Waals surface area (Å²) in [5.41, 5.74) is 11.3. The molecule has 0 radical (unpaired) electrons. The van der Waals surface area contributed by atoms with Crippen LogP contribution in [0.2, 0.25) is 10.0 Å². The van der Waals surface area contributed by atoms with Gasteiger partial charge in [-0.3, -0.25) is 9.78 Å². The van der Waals surface area contributed by atoms with E-state index in [1.807, 2.05) is 36.4 Å². The number of benzene rings is 3. The molecule has 0 bridgehead atoms. The molecule has 0 unspecified atom stereocenters. The summed E-state index contributed by atoms with van der Waals surface area (Å²) in [6, 6.07) is 19.2. The maximum absolute atomic E-state index is 11.2. The Morgan fingerprint density at radius 2 is 1.82 bits per heavy atom. The number of fused-ring (bicyclic) bond motifs is 1. The molecule has 2 aliphatic rings. The SMILES string of the molecule is N#Cc1cncc(COc2cc(O[C@H]3CCc4c(-c5cccc(OCCC(N)=O)c5Cl)cccc43)c(Cl)cc2CN[C@@H]2CCCC[C@@H]2O)c1. The second-order valence-corrected chi connectivity index (χ2v) is 13.2. The van der Waals surface area contributed by atoms with Gasteiger partial charge in [-0.25, -0.2) is 0 Å². The largest absolute Gasteiger partial charge is 0.491 e. The lowest BCUT2D eigenvalue weighted by Gasteiger charge is -2.29. The van der Waals surface area contributed by atoms with Crippen molar-refractivity contribution in [3.63, 3.8) is 0 Å². The molecule has 49 heavy (non-hydrogen) atoms. The summed E-state index contributed by atoms with van der Waals surface area (Å²) in [6.45, 7) is 0.799. The number of amides is 1. The highest BCUT2D eigenvalue weighted by Gasteiger charge is 2.29. The molecule has 11 heteroatoms.